The number of carbonyl (C=O) groups is 5. The number of hydrogen-bond donors (Lipinski definition) is 8. The Balaban J connectivity index is 5.73. The van der Waals surface area contributed by atoms with Crippen molar-refractivity contribution in [2.45, 2.75) is 90.4 Å². The summed E-state index contributed by atoms with van der Waals surface area (Å²) in [6, 6.07) is -4.57. The Kier molecular flexibility index (Phi) is 15.5. The van der Waals surface area contributed by atoms with Gasteiger partial charge in [-0.3, -0.25) is 24.2 Å². The molecule has 14 nitrogen and oxygen atoms in total. The lowest BCUT2D eigenvalue weighted by atomic mass is 9.98. The number of rotatable bonds is 18. The summed E-state index contributed by atoms with van der Waals surface area (Å²) in [6.45, 7) is 7.37. The number of hydrogen-bond acceptors (Lipinski definition) is 7. The molecular weight excluding hydrogens is 486 g/mol. The molecule has 0 aromatic rings. The highest BCUT2D eigenvalue weighted by Crippen LogP contribution is 2.10. The van der Waals surface area contributed by atoms with Crippen LogP contribution in [0.4, 0.5) is 0 Å². The molecule has 0 aliphatic heterocycles. The Hall–Kier alpha value is -3.42. The lowest BCUT2D eigenvalue weighted by Crippen LogP contribution is -2.57. The highest BCUT2D eigenvalue weighted by atomic mass is 16.4. The highest BCUT2D eigenvalue weighted by molar-refractivity contribution is 5.94. The Morgan fingerprint density at radius 1 is 0.865 bits per heavy atom. The predicted octanol–water partition coefficient (Wildman–Crippen LogP) is -1.14. The van der Waals surface area contributed by atoms with E-state index in [1.165, 1.54) is 0 Å². The van der Waals surface area contributed by atoms with Gasteiger partial charge in [0.05, 0.1) is 6.04 Å². The fraction of sp³-hybridized carbons (Fsp3) is 0.739. The number of nitrogens with two attached hydrogens (primary N) is 3. The molecule has 5 atom stereocenters. The molecule has 0 fully saturated rings. The summed E-state index contributed by atoms with van der Waals surface area (Å²) in [4.78, 5) is 65.2. The molecule has 14 heteroatoms. The van der Waals surface area contributed by atoms with Gasteiger partial charge in [0.2, 0.25) is 17.7 Å². The topological polar surface area (TPSA) is 252 Å². The SMILES string of the molecule is CCC(C)C(NC(=O)C(CCC(=O)O)NC(=O)C(CCCN=C(N)N)NC(=O)C(N)CC(C)C)C(=O)O. The lowest BCUT2D eigenvalue weighted by Gasteiger charge is -2.26. The average molecular weight is 530 g/mol. The number of amides is 3. The van der Waals surface area contributed by atoms with Gasteiger partial charge >= 0.3 is 11.9 Å². The van der Waals surface area contributed by atoms with Crippen LogP contribution in [0.3, 0.4) is 0 Å². The predicted molar refractivity (Wildman–Crippen MR) is 137 cm³/mol. The van der Waals surface area contributed by atoms with Crippen molar-refractivity contribution in [3.8, 4) is 0 Å². The zero-order chi connectivity index (χ0) is 28.7. The Bertz CT molecular complexity index is 815. The van der Waals surface area contributed by atoms with Crippen LogP contribution in [0.25, 0.3) is 0 Å². The van der Waals surface area contributed by atoms with Crippen LogP contribution in [-0.2, 0) is 24.0 Å². The molecule has 0 aliphatic carbocycles. The van der Waals surface area contributed by atoms with Gasteiger partial charge in [-0.1, -0.05) is 34.1 Å². The molecule has 0 saturated carbocycles. The van der Waals surface area contributed by atoms with Gasteiger partial charge in [-0.2, -0.15) is 0 Å². The third-order valence-corrected chi connectivity index (χ3v) is 5.70. The molecule has 212 valence electrons. The van der Waals surface area contributed by atoms with Crippen LogP contribution < -0.4 is 33.2 Å². The second-order valence-corrected chi connectivity index (χ2v) is 9.45. The van der Waals surface area contributed by atoms with Crippen LogP contribution in [0.2, 0.25) is 0 Å². The molecule has 0 spiro atoms. The van der Waals surface area contributed by atoms with E-state index in [-0.39, 0.29) is 31.3 Å². The zero-order valence-corrected chi connectivity index (χ0v) is 22.0. The minimum absolute atomic E-state index is 0.0979. The quantitative estimate of drug-likeness (QED) is 0.0601. The van der Waals surface area contributed by atoms with Gasteiger partial charge in [-0.05, 0) is 37.5 Å². The van der Waals surface area contributed by atoms with E-state index < -0.39 is 66.2 Å². The Morgan fingerprint density at radius 2 is 1.41 bits per heavy atom. The molecule has 0 rings (SSSR count). The van der Waals surface area contributed by atoms with Crippen LogP contribution in [-0.4, -0.2) is 76.5 Å². The van der Waals surface area contributed by atoms with Crippen molar-refractivity contribution in [2.24, 2.45) is 34.0 Å². The minimum atomic E-state index is -1.35. The van der Waals surface area contributed by atoms with Gasteiger partial charge in [0.15, 0.2) is 5.96 Å². The van der Waals surface area contributed by atoms with Crippen molar-refractivity contribution in [1.29, 1.82) is 0 Å². The van der Waals surface area contributed by atoms with Crippen molar-refractivity contribution in [3.05, 3.63) is 0 Å². The molecule has 0 aliphatic rings. The number of carboxylic acids is 2. The maximum Gasteiger partial charge on any atom is 0.326 e. The molecule has 0 saturated heterocycles. The van der Waals surface area contributed by atoms with E-state index in [0.717, 1.165) is 0 Å². The lowest BCUT2D eigenvalue weighted by molar-refractivity contribution is -0.144. The van der Waals surface area contributed by atoms with Crippen molar-refractivity contribution >= 4 is 35.6 Å². The van der Waals surface area contributed by atoms with Crippen molar-refractivity contribution < 1.29 is 34.2 Å². The van der Waals surface area contributed by atoms with Gasteiger partial charge in [0.25, 0.3) is 0 Å². The summed E-state index contributed by atoms with van der Waals surface area (Å²) in [5, 5.41) is 26.0. The van der Waals surface area contributed by atoms with Gasteiger partial charge < -0.3 is 43.4 Å². The van der Waals surface area contributed by atoms with Crippen LogP contribution in [0.15, 0.2) is 4.99 Å². The number of aliphatic carboxylic acids is 2. The first-order valence-corrected chi connectivity index (χ1v) is 12.4. The summed E-state index contributed by atoms with van der Waals surface area (Å²) >= 11 is 0. The first kappa shape index (κ1) is 33.6. The molecule has 0 heterocycles. The molecule has 11 N–H and O–H groups in total. The molecule has 0 bridgehead atoms. The van der Waals surface area contributed by atoms with Crippen molar-refractivity contribution in [2.75, 3.05) is 6.54 Å². The zero-order valence-electron chi connectivity index (χ0n) is 22.0. The second kappa shape index (κ2) is 17.1. The smallest absolute Gasteiger partial charge is 0.326 e. The number of aliphatic imine (C=N–C) groups is 1. The fourth-order valence-electron chi connectivity index (χ4n) is 3.41. The number of carbonyl (C=O) groups excluding carboxylic acids is 3. The third-order valence-electron chi connectivity index (χ3n) is 5.70. The molecule has 0 aromatic heterocycles. The second-order valence-electron chi connectivity index (χ2n) is 9.45. The number of guanidine groups is 1. The molecule has 0 radical (unpaired) electrons. The van der Waals surface area contributed by atoms with Gasteiger partial charge in [-0.25, -0.2) is 4.79 Å². The Labute approximate surface area is 217 Å². The van der Waals surface area contributed by atoms with E-state index in [2.05, 4.69) is 20.9 Å². The maximum atomic E-state index is 13.1. The molecule has 5 unspecified atom stereocenters. The largest absolute Gasteiger partial charge is 0.481 e. The van der Waals surface area contributed by atoms with E-state index >= 15 is 0 Å². The summed E-state index contributed by atoms with van der Waals surface area (Å²) in [6.07, 6.45) is 0.493. The van der Waals surface area contributed by atoms with E-state index in [1.54, 1.807) is 13.8 Å². The Morgan fingerprint density at radius 3 is 1.89 bits per heavy atom. The van der Waals surface area contributed by atoms with Crippen molar-refractivity contribution in [1.82, 2.24) is 16.0 Å². The van der Waals surface area contributed by atoms with Gasteiger partial charge in [0, 0.05) is 13.0 Å². The highest BCUT2D eigenvalue weighted by Gasteiger charge is 2.32. The molecule has 37 heavy (non-hydrogen) atoms. The summed E-state index contributed by atoms with van der Waals surface area (Å²) in [5.74, 6) is -5.04. The number of nitrogens with one attached hydrogen (secondary N) is 3. The van der Waals surface area contributed by atoms with E-state index in [1.807, 2.05) is 13.8 Å². The average Bonchev–Trinajstić information content (AvgIpc) is 2.79. The summed E-state index contributed by atoms with van der Waals surface area (Å²) in [5.41, 5.74) is 16.6. The first-order chi connectivity index (χ1) is 17.2. The fourth-order valence-corrected chi connectivity index (χ4v) is 3.41. The standard InChI is InChI=1S/C23H43N7O7/c1-5-13(4)18(22(36)37)30-21(35)16(8-9-17(31)32)29-20(34)15(7-6-10-27-23(25)26)28-19(33)14(24)11-12(2)3/h12-16,18H,5-11,24H2,1-4H3,(H,28,33)(H,29,34)(H,30,35)(H,31,32)(H,36,37)(H4,25,26,27). The van der Waals surface area contributed by atoms with Crippen molar-refractivity contribution in [3.63, 3.8) is 0 Å². The normalized spacial score (nSPS) is 15.0. The van der Waals surface area contributed by atoms with Crippen LogP contribution in [0, 0.1) is 11.8 Å². The van der Waals surface area contributed by atoms with E-state index in [9.17, 15) is 29.1 Å². The molecular formula is C23H43N7O7. The van der Waals surface area contributed by atoms with E-state index in [4.69, 9.17) is 22.3 Å². The first-order valence-electron chi connectivity index (χ1n) is 12.4. The van der Waals surface area contributed by atoms with Crippen LogP contribution in [0.5, 0.6) is 0 Å². The van der Waals surface area contributed by atoms with Crippen LogP contribution in [0.1, 0.15) is 66.2 Å². The van der Waals surface area contributed by atoms with Crippen LogP contribution >= 0.6 is 0 Å². The third kappa shape index (κ3) is 14.0. The molecule has 3 amide bonds. The summed E-state index contributed by atoms with van der Waals surface area (Å²) < 4.78 is 0. The monoisotopic (exact) mass is 529 g/mol. The van der Waals surface area contributed by atoms with E-state index in [0.29, 0.717) is 19.3 Å². The molecule has 0 aromatic carbocycles. The minimum Gasteiger partial charge on any atom is -0.481 e. The van der Waals surface area contributed by atoms with Gasteiger partial charge in [-0.15, -0.1) is 0 Å². The summed E-state index contributed by atoms with van der Waals surface area (Å²) in [7, 11) is 0. The number of nitrogens with zero attached hydrogens (tertiary/aromatic N) is 1. The van der Waals surface area contributed by atoms with Gasteiger partial charge in [0.1, 0.15) is 18.1 Å². The maximum absolute atomic E-state index is 13.1. The number of carboxylic acid groups (broad SMARTS) is 2.